The van der Waals surface area contributed by atoms with Crippen molar-refractivity contribution in [2.75, 3.05) is 11.9 Å². The molecule has 1 unspecified atom stereocenters. The van der Waals surface area contributed by atoms with Crippen LogP contribution in [0.4, 0.5) is 5.69 Å². The Labute approximate surface area is 161 Å². The number of hydrogen-bond donors (Lipinski definition) is 2. The molecule has 0 heterocycles. The number of ether oxygens (including phenoxy) is 1. The summed E-state index contributed by atoms with van der Waals surface area (Å²) < 4.78 is 5.05. The number of hydrogen-bond acceptors (Lipinski definition) is 5. The van der Waals surface area contributed by atoms with E-state index in [0.717, 1.165) is 19.3 Å². The van der Waals surface area contributed by atoms with E-state index in [9.17, 15) is 19.5 Å². The van der Waals surface area contributed by atoms with Gasteiger partial charge in [-0.05, 0) is 30.7 Å². The van der Waals surface area contributed by atoms with Gasteiger partial charge in [0.25, 0.3) is 0 Å². The third kappa shape index (κ3) is 9.89. The van der Waals surface area contributed by atoms with E-state index in [1.54, 1.807) is 12.1 Å². The molecule has 1 atom stereocenters. The molecule has 0 radical (unpaired) electrons. The Hall–Kier alpha value is -2.21. The number of Topliss-reactive ketones (excluding diaryl/α,β-unsaturated/α-hetero) is 1. The highest BCUT2D eigenvalue weighted by molar-refractivity contribution is 5.99. The van der Waals surface area contributed by atoms with Crippen molar-refractivity contribution in [2.24, 2.45) is 0 Å². The fourth-order valence-electron chi connectivity index (χ4n) is 2.70. The molecule has 0 saturated carbocycles. The lowest BCUT2D eigenvalue weighted by atomic mass is 10.0. The summed E-state index contributed by atoms with van der Waals surface area (Å²) in [7, 11) is 0. The summed E-state index contributed by atoms with van der Waals surface area (Å²) in [5.41, 5.74) is 0.924. The van der Waals surface area contributed by atoms with Crippen molar-refractivity contribution in [1.82, 2.24) is 0 Å². The Morgan fingerprint density at radius 2 is 1.63 bits per heavy atom. The van der Waals surface area contributed by atoms with Crippen LogP contribution in [0, 0.1) is 0 Å². The summed E-state index contributed by atoms with van der Waals surface area (Å²) in [6.45, 7) is 2.46. The monoisotopic (exact) mass is 377 g/mol. The minimum atomic E-state index is -1.46. The van der Waals surface area contributed by atoms with Crippen molar-refractivity contribution in [2.45, 2.75) is 70.8 Å². The molecule has 6 nitrogen and oxygen atoms in total. The number of carbonyl (C=O) groups is 3. The number of aliphatic hydroxyl groups is 1. The average Bonchev–Trinajstić information content (AvgIpc) is 2.67. The molecular formula is C21H31NO5. The van der Waals surface area contributed by atoms with E-state index >= 15 is 0 Å². The summed E-state index contributed by atoms with van der Waals surface area (Å²) in [5, 5.41) is 12.3. The van der Waals surface area contributed by atoms with Crippen LogP contribution in [0.5, 0.6) is 0 Å². The van der Waals surface area contributed by atoms with Gasteiger partial charge in [-0.3, -0.25) is 9.59 Å². The molecule has 1 amide bonds. The Kier molecular flexibility index (Phi) is 11.8. The molecule has 1 aromatic rings. The molecule has 1 aromatic carbocycles. The van der Waals surface area contributed by atoms with Crippen LogP contribution < -0.4 is 5.32 Å². The predicted octanol–water partition coefficient (Wildman–Crippen LogP) is 3.87. The molecular weight excluding hydrogens is 346 g/mol. The first-order valence-corrected chi connectivity index (χ1v) is 9.76. The maximum absolute atomic E-state index is 12.1. The van der Waals surface area contributed by atoms with Crippen LogP contribution in [0.2, 0.25) is 0 Å². The molecule has 0 aromatic heterocycles. The first-order valence-electron chi connectivity index (χ1n) is 9.76. The second kappa shape index (κ2) is 13.9. The van der Waals surface area contributed by atoms with Crippen molar-refractivity contribution >= 4 is 23.9 Å². The van der Waals surface area contributed by atoms with Crippen molar-refractivity contribution < 1.29 is 24.2 Å². The normalized spacial score (nSPS) is 11.6. The molecule has 6 heteroatoms. The van der Waals surface area contributed by atoms with E-state index in [2.05, 4.69) is 12.2 Å². The highest BCUT2D eigenvalue weighted by Crippen LogP contribution is 2.12. The number of amides is 1. The Morgan fingerprint density at radius 1 is 1.04 bits per heavy atom. The fraction of sp³-hybridized carbons (Fsp3) is 0.571. The number of aliphatic hydroxyl groups excluding tert-OH is 1. The highest BCUT2D eigenvalue weighted by atomic mass is 16.5. The van der Waals surface area contributed by atoms with Crippen molar-refractivity contribution in [1.29, 1.82) is 0 Å². The Bertz CT molecular complexity index is 570. The maximum atomic E-state index is 12.1. The number of rotatable bonds is 15. The summed E-state index contributed by atoms with van der Waals surface area (Å²) in [4.78, 5) is 34.2. The van der Waals surface area contributed by atoms with Gasteiger partial charge in [-0.15, -0.1) is 0 Å². The van der Waals surface area contributed by atoms with Crippen LogP contribution >= 0.6 is 0 Å². The third-order valence-corrected chi connectivity index (χ3v) is 4.33. The quantitative estimate of drug-likeness (QED) is 0.209. The van der Waals surface area contributed by atoms with E-state index in [1.165, 1.54) is 44.2 Å². The molecule has 0 aliphatic rings. The van der Waals surface area contributed by atoms with Gasteiger partial charge in [0.2, 0.25) is 6.41 Å². The van der Waals surface area contributed by atoms with Crippen LogP contribution in [0.15, 0.2) is 24.3 Å². The lowest BCUT2D eigenvalue weighted by Crippen LogP contribution is -2.26. The van der Waals surface area contributed by atoms with Gasteiger partial charge < -0.3 is 15.2 Å². The molecule has 0 bridgehead atoms. The molecule has 0 saturated heterocycles. The summed E-state index contributed by atoms with van der Waals surface area (Å²) in [5.74, 6) is -1.12. The van der Waals surface area contributed by atoms with Crippen LogP contribution in [0.3, 0.4) is 0 Å². The fourth-order valence-corrected chi connectivity index (χ4v) is 2.70. The van der Waals surface area contributed by atoms with E-state index < -0.39 is 12.1 Å². The zero-order valence-electron chi connectivity index (χ0n) is 16.1. The van der Waals surface area contributed by atoms with Crippen LogP contribution in [-0.2, 0) is 14.3 Å². The number of nitrogens with one attached hydrogen (secondary N) is 1. The molecule has 0 aliphatic carbocycles. The second-order valence-corrected chi connectivity index (χ2v) is 6.63. The summed E-state index contributed by atoms with van der Waals surface area (Å²) in [6, 6.07) is 6.22. The van der Waals surface area contributed by atoms with E-state index in [4.69, 9.17) is 4.74 Å². The number of esters is 1. The zero-order valence-corrected chi connectivity index (χ0v) is 16.1. The van der Waals surface area contributed by atoms with Gasteiger partial charge in [0.15, 0.2) is 11.9 Å². The minimum Gasteiger partial charge on any atom is -0.464 e. The molecule has 0 fully saturated rings. The lowest BCUT2D eigenvalue weighted by molar-refractivity contribution is -0.153. The molecule has 150 valence electrons. The minimum absolute atomic E-state index is 0.269. The molecule has 27 heavy (non-hydrogen) atoms. The van der Waals surface area contributed by atoms with Gasteiger partial charge >= 0.3 is 5.97 Å². The van der Waals surface area contributed by atoms with E-state index in [-0.39, 0.29) is 18.8 Å². The SMILES string of the molecule is CCCCCCCCCCOC(=O)C(O)CC(=O)c1ccc(NC=O)cc1. The lowest BCUT2D eigenvalue weighted by Gasteiger charge is -2.10. The third-order valence-electron chi connectivity index (χ3n) is 4.33. The summed E-state index contributed by atoms with van der Waals surface area (Å²) in [6.07, 6.45) is 7.91. The van der Waals surface area contributed by atoms with Crippen molar-refractivity contribution in [3.63, 3.8) is 0 Å². The van der Waals surface area contributed by atoms with E-state index in [0.29, 0.717) is 17.7 Å². The van der Waals surface area contributed by atoms with Gasteiger partial charge in [-0.2, -0.15) is 0 Å². The number of carbonyl (C=O) groups excluding carboxylic acids is 3. The van der Waals surface area contributed by atoms with Gasteiger partial charge in [0, 0.05) is 17.7 Å². The standard InChI is InChI=1S/C21H31NO5/c1-2-3-4-5-6-7-8-9-14-27-21(26)20(25)15-19(24)17-10-12-18(13-11-17)22-16-23/h10-13,16,20,25H,2-9,14-15H2,1H3,(H,22,23). The number of unbranched alkanes of at least 4 members (excludes halogenated alkanes) is 7. The number of benzene rings is 1. The van der Waals surface area contributed by atoms with Crippen molar-refractivity contribution in [3.05, 3.63) is 29.8 Å². The second-order valence-electron chi connectivity index (χ2n) is 6.63. The van der Waals surface area contributed by atoms with Crippen LogP contribution in [-0.4, -0.2) is 36.0 Å². The zero-order chi connectivity index (χ0) is 19.9. The highest BCUT2D eigenvalue weighted by Gasteiger charge is 2.21. The molecule has 0 spiro atoms. The number of ketones is 1. The van der Waals surface area contributed by atoms with Gasteiger partial charge in [0.05, 0.1) is 6.61 Å². The molecule has 1 rings (SSSR count). The van der Waals surface area contributed by atoms with Crippen LogP contribution in [0.1, 0.15) is 75.1 Å². The topological polar surface area (TPSA) is 92.7 Å². The maximum Gasteiger partial charge on any atom is 0.335 e. The Morgan fingerprint density at radius 3 is 2.22 bits per heavy atom. The van der Waals surface area contributed by atoms with Crippen LogP contribution in [0.25, 0.3) is 0 Å². The van der Waals surface area contributed by atoms with Crippen molar-refractivity contribution in [3.8, 4) is 0 Å². The Balaban J connectivity index is 2.19. The summed E-state index contributed by atoms with van der Waals surface area (Å²) >= 11 is 0. The first-order chi connectivity index (χ1) is 13.1. The smallest absolute Gasteiger partial charge is 0.335 e. The van der Waals surface area contributed by atoms with E-state index in [1.807, 2.05) is 0 Å². The number of anilines is 1. The van der Waals surface area contributed by atoms with Gasteiger partial charge in [-0.1, -0.05) is 51.9 Å². The van der Waals surface area contributed by atoms with Gasteiger partial charge in [-0.25, -0.2) is 4.79 Å². The molecule has 0 aliphatic heterocycles. The largest absolute Gasteiger partial charge is 0.464 e. The first kappa shape index (κ1) is 22.8. The van der Waals surface area contributed by atoms with Gasteiger partial charge in [0.1, 0.15) is 0 Å². The molecule has 2 N–H and O–H groups in total. The predicted molar refractivity (Wildman–Crippen MR) is 105 cm³/mol. The average molecular weight is 377 g/mol.